The number of aromatic nitrogens is 2. The summed E-state index contributed by atoms with van der Waals surface area (Å²) in [4.78, 5) is 16.1. The van der Waals surface area contributed by atoms with Crippen LogP contribution >= 0.6 is 0 Å². The van der Waals surface area contributed by atoms with Crippen molar-refractivity contribution in [2.75, 3.05) is 27.1 Å². The average molecular weight is 276 g/mol. The highest BCUT2D eigenvalue weighted by Crippen LogP contribution is 2.19. The van der Waals surface area contributed by atoms with Gasteiger partial charge in [0, 0.05) is 19.5 Å². The Morgan fingerprint density at radius 3 is 2.90 bits per heavy atom. The largest absolute Gasteiger partial charge is 0.467 e. The normalized spacial score (nSPS) is 10.4. The van der Waals surface area contributed by atoms with Gasteiger partial charge < -0.3 is 14.2 Å². The first-order chi connectivity index (χ1) is 9.83. The maximum Gasteiger partial charge on any atom is 0.266 e. The van der Waals surface area contributed by atoms with Gasteiger partial charge in [0.2, 0.25) is 0 Å². The van der Waals surface area contributed by atoms with E-state index in [0.717, 1.165) is 0 Å². The van der Waals surface area contributed by atoms with Crippen LogP contribution in [-0.2, 0) is 9.47 Å². The average Bonchev–Trinajstić information content (AvgIpc) is 3.01. The molecule has 0 saturated heterocycles. The van der Waals surface area contributed by atoms with E-state index in [4.69, 9.17) is 14.2 Å². The van der Waals surface area contributed by atoms with E-state index in [2.05, 4.69) is 4.98 Å². The molecule has 0 N–H and O–H groups in total. The van der Waals surface area contributed by atoms with Gasteiger partial charge >= 0.3 is 0 Å². The van der Waals surface area contributed by atoms with Crippen LogP contribution in [0.5, 0.6) is 5.75 Å². The monoisotopic (exact) mass is 276 g/mol. The molecule has 0 unspecified atom stereocenters. The predicted molar refractivity (Wildman–Crippen MR) is 71.7 cm³/mol. The molecule has 0 aliphatic heterocycles. The fourth-order valence-electron chi connectivity index (χ4n) is 1.59. The fraction of sp³-hybridized carbons (Fsp3) is 0.286. The van der Waals surface area contributed by atoms with Crippen LogP contribution in [0.2, 0.25) is 0 Å². The van der Waals surface area contributed by atoms with E-state index < -0.39 is 0 Å². The van der Waals surface area contributed by atoms with Crippen molar-refractivity contribution in [3.8, 4) is 5.75 Å². The first-order valence-electron chi connectivity index (χ1n) is 6.14. The lowest BCUT2D eigenvalue weighted by Gasteiger charge is -2.11. The third-order valence-electron chi connectivity index (χ3n) is 2.59. The number of ether oxygens (including phenoxy) is 3. The zero-order chi connectivity index (χ0) is 14.2. The minimum Gasteiger partial charge on any atom is -0.467 e. The number of hydrogen-bond acceptors (Lipinski definition) is 5. The second kappa shape index (κ2) is 7.42. The van der Waals surface area contributed by atoms with Crippen LogP contribution in [0.25, 0.3) is 0 Å². The highest BCUT2D eigenvalue weighted by Gasteiger charge is 2.13. The molecule has 1 heterocycles. The number of para-hydroxylation sites is 1. The molecule has 0 aliphatic carbocycles. The van der Waals surface area contributed by atoms with E-state index in [9.17, 15) is 4.79 Å². The van der Waals surface area contributed by atoms with Gasteiger partial charge in [0.05, 0.1) is 18.8 Å². The lowest BCUT2D eigenvalue weighted by atomic mass is 10.2. The summed E-state index contributed by atoms with van der Waals surface area (Å²) in [6.45, 7) is 1.00. The Kier molecular flexibility index (Phi) is 5.28. The van der Waals surface area contributed by atoms with Gasteiger partial charge in [-0.15, -0.1) is 0 Å². The number of rotatable bonds is 7. The van der Waals surface area contributed by atoms with Gasteiger partial charge in [-0.3, -0.25) is 9.36 Å². The molecule has 2 rings (SSSR count). The number of methoxy groups -OCH3 is 1. The van der Waals surface area contributed by atoms with E-state index in [-0.39, 0.29) is 12.7 Å². The van der Waals surface area contributed by atoms with Gasteiger partial charge in [0.15, 0.2) is 6.79 Å². The van der Waals surface area contributed by atoms with Crippen molar-refractivity contribution in [1.29, 1.82) is 0 Å². The topological polar surface area (TPSA) is 62.6 Å². The summed E-state index contributed by atoms with van der Waals surface area (Å²) in [5, 5.41) is 0. The first-order valence-corrected chi connectivity index (χ1v) is 6.14. The molecule has 0 aliphatic rings. The highest BCUT2D eigenvalue weighted by molar-refractivity contribution is 5.98. The van der Waals surface area contributed by atoms with Gasteiger partial charge in [-0.1, -0.05) is 12.1 Å². The SMILES string of the molecule is COCCOCOc1ccccc1C(=O)n1ccnc1. The number of imidazole rings is 1. The molecule has 2 aromatic rings. The number of nitrogens with zero attached hydrogens (tertiary/aromatic N) is 2. The third-order valence-corrected chi connectivity index (χ3v) is 2.59. The minimum atomic E-state index is -0.199. The molecule has 20 heavy (non-hydrogen) atoms. The Bertz CT molecular complexity index is 540. The van der Waals surface area contributed by atoms with Crippen LogP contribution in [0.15, 0.2) is 43.0 Å². The van der Waals surface area contributed by atoms with Crippen molar-refractivity contribution in [3.63, 3.8) is 0 Å². The van der Waals surface area contributed by atoms with E-state index in [0.29, 0.717) is 24.5 Å². The van der Waals surface area contributed by atoms with Crippen molar-refractivity contribution in [2.24, 2.45) is 0 Å². The Morgan fingerprint density at radius 1 is 1.30 bits per heavy atom. The Hall–Kier alpha value is -2.18. The molecule has 1 aromatic heterocycles. The quantitative estimate of drug-likeness (QED) is 0.567. The molecule has 6 heteroatoms. The number of hydrogen-bond donors (Lipinski definition) is 0. The lowest BCUT2D eigenvalue weighted by Crippen LogP contribution is -2.13. The summed E-state index contributed by atoms with van der Waals surface area (Å²) >= 11 is 0. The van der Waals surface area contributed by atoms with Crippen LogP contribution < -0.4 is 4.74 Å². The van der Waals surface area contributed by atoms with Gasteiger partial charge in [-0.05, 0) is 12.1 Å². The number of carbonyl (C=O) groups is 1. The zero-order valence-electron chi connectivity index (χ0n) is 11.2. The molecule has 6 nitrogen and oxygen atoms in total. The number of benzene rings is 1. The van der Waals surface area contributed by atoms with Gasteiger partial charge in [0.1, 0.15) is 12.1 Å². The van der Waals surface area contributed by atoms with E-state index in [1.54, 1.807) is 43.8 Å². The van der Waals surface area contributed by atoms with Crippen molar-refractivity contribution in [2.45, 2.75) is 0 Å². The lowest BCUT2D eigenvalue weighted by molar-refractivity contribution is -0.00876. The summed E-state index contributed by atoms with van der Waals surface area (Å²) in [6, 6.07) is 7.01. The Balaban J connectivity index is 2.01. The van der Waals surface area contributed by atoms with Crippen LogP contribution in [0.3, 0.4) is 0 Å². The molecule has 0 atom stereocenters. The molecular formula is C14H16N2O4. The molecule has 0 spiro atoms. The van der Waals surface area contributed by atoms with Gasteiger partial charge in [-0.2, -0.15) is 0 Å². The molecule has 106 valence electrons. The summed E-state index contributed by atoms with van der Waals surface area (Å²) in [6.07, 6.45) is 4.59. The van der Waals surface area contributed by atoms with E-state index in [1.165, 1.54) is 10.9 Å². The van der Waals surface area contributed by atoms with E-state index >= 15 is 0 Å². The third kappa shape index (κ3) is 3.66. The van der Waals surface area contributed by atoms with Crippen LogP contribution in [0, 0.1) is 0 Å². The second-order valence-electron chi connectivity index (χ2n) is 3.93. The second-order valence-corrected chi connectivity index (χ2v) is 3.93. The summed E-state index contributed by atoms with van der Waals surface area (Å²) < 4.78 is 17.0. The molecule has 0 fully saturated rings. The first kappa shape index (κ1) is 14.2. The Labute approximate surface area is 116 Å². The van der Waals surface area contributed by atoms with Crippen LogP contribution in [0.4, 0.5) is 0 Å². The molecule has 1 aromatic carbocycles. The molecule has 0 amide bonds. The maximum absolute atomic E-state index is 12.2. The maximum atomic E-state index is 12.2. The molecular weight excluding hydrogens is 260 g/mol. The standard InChI is InChI=1S/C14H16N2O4/c1-18-8-9-19-11-20-13-5-3-2-4-12(13)14(17)16-7-6-15-10-16/h2-7,10H,8-9,11H2,1H3. The predicted octanol–water partition coefficient (Wildman–Crippen LogP) is 1.57. The van der Waals surface area contributed by atoms with Crippen molar-refractivity contribution >= 4 is 5.91 Å². The molecule has 0 saturated carbocycles. The number of carbonyl (C=O) groups excluding carboxylic acids is 1. The zero-order valence-corrected chi connectivity index (χ0v) is 11.2. The molecule has 0 radical (unpaired) electrons. The summed E-state index contributed by atoms with van der Waals surface area (Å²) in [7, 11) is 1.60. The summed E-state index contributed by atoms with van der Waals surface area (Å²) in [5.41, 5.74) is 0.459. The van der Waals surface area contributed by atoms with Gasteiger partial charge in [0.25, 0.3) is 5.91 Å². The van der Waals surface area contributed by atoms with Crippen molar-refractivity contribution < 1.29 is 19.0 Å². The molecule has 0 bridgehead atoms. The Morgan fingerprint density at radius 2 is 2.15 bits per heavy atom. The van der Waals surface area contributed by atoms with Crippen molar-refractivity contribution in [3.05, 3.63) is 48.5 Å². The fourth-order valence-corrected chi connectivity index (χ4v) is 1.59. The highest BCUT2D eigenvalue weighted by atomic mass is 16.7. The summed E-state index contributed by atoms with van der Waals surface area (Å²) in [5.74, 6) is 0.276. The van der Waals surface area contributed by atoms with Crippen molar-refractivity contribution in [1.82, 2.24) is 9.55 Å². The van der Waals surface area contributed by atoms with Crippen LogP contribution in [-0.4, -0.2) is 42.6 Å². The smallest absolute Gasteiger partial charge is 0.266 e. The van der Waals surface area contributed by atoms with E-state index in [1.807, 2.05) is 0 Å². The van der Waals surface area contributed by atoms with Gasteiger partial charge in [-0.25, -0.2) is 4.98 Å². The minimum absolute atomic E-state index is 0.0670. The van der Waals surface area contributed by atoms with Crippen LogP contribution in [0.1, 0.15) is 10.4 Å².